The number of likely N-dealkylation sites (N-methyl/N-ethyl adjacent to an activating group) is 1. The van der Waals surface area contributed by atoms with Gasteiger partial charge in [-0.1, -0.05) is 19.8 Å². The molecule has 33 heavy (non-hydrogen) atoms. The van der Waals surface area contributed by atoms with Gasteiger partial charge in [0.2, 0.25) is 0 Å². The van der Waals surface area contributed by atoms with Gasteiger partial charge in [0.05, 0.1) is 6.10 Å². The number of nitrogens with zero attached hydrogens (tertiary/aromatic N) is 2. The Kier molecular flexibility index (Phi) is 9.90. The predicted octanol–water partition coefficient (Wildman–Crippen LogP) is 1.52. The highest BCUT2D eigenvalue weighted by atomic mass is 32.1. The van der Waals surface area contributed by atoms with Crippen molar-refractivity contribution in [3.8, 4) is 12.3 Å². The van der Waals surface area contributed by atoms with Crippen LogP contribution >= 0.6 is 12.2 Å². The van der Waals surface area contributed by atoms with Gasteiger partial charge in [-0.05, 0) is 13.1 Å². The zero-order valence-corrected chi connectivity index (χ0v) is 19.0. The predicted molar refractivity (Wildman–Crippen MR) is 116 cm³/mol. The van der Waals surface area contributed by atoms with Crippen LogP contribution in [-0.4, -0.2) is 71.4 Å². The average Bonchev–Trinajstić information content (AvgIpc) is 3.15. The number of hydrogen-bond donors (Lipinski definition) is 1. The highest BCUT2D eigenvalue weighted by Gasteiger charge is 2.40. The number of aromatic amines is 1. The fourth-order valence-electron chi connectivity index (χ4n) is 3.24. The molecule has 1 aliphatic heterocycles. The number of aromatic nitrogens is 2. The number of thiocarbonyl (C=S) groups is 1. The maximum absolute atomic E-state index is 13.1. The van der Waals surface area contributed by atoms with E-state index in [1.54, 1.807) is 4.98 Å². The van der Waals surface area contributed by atoms with Gasteiger partial charge in [-0.3, -0.25) is 14.3 Å². The highest BCUT2D eigenvalue weighted by molar-refractivity contribution is 7.79. The molecule has 2 heterocycles. The SMILES string of the molecule is C#CCO[C@H]1C[C@H](n2cc(C(F)(F)F)c(=O)[nH]c2=O)O[C@@H]1COC(=S)OCCN(CC)CC. The van der Waals surface area contributed by atoms with Gasteiger partial charge < -0.3 is 23.8 Å². The van der Waals surface area contributed by atoms with E-state index in [4.69, 9.17) is 37.6 Å². The fourth-order valence-corrected chi connectivity index (χ4v) is 3.39. The molecule has 0 spiro atoms. The highest BCUT2D eigenvalue weighted by Crippen LogP contribution is 2.32. The maximum Gasteiger partial charge on any atom is 0.423 e. The number of rotatable bonds is 10. The van der Waals surface area contributed by atoms with Crippen molar-refractivity contribution >= 4 is 17.5 Å². The molecule has 13 heteroatoms. The zero-order valence-electron chi connectivity index (χ0n) is 18.2. The molecule has 0 aliphatic carbocycles. The molecule has 1 aliphatic rings. The molecule has 0 radical (unpaired) electrons. The van der Waals surface area contributed by atoms with Crippen molar-refractivity contribution < 1.29 is 32.1 Å². The molecular weight excluding hydrogens is 467 g/mol. The molecule has 1 saturated heterocycles. The zero-order chi connectivity index (χ0) is 24.6. The van der Waals surface area contributed by atoms with E-state index in [1.807, 2.05) is 13.8 Å². The summed E-state index contributed by atoms with van der Waals surface area (Å²) < 4.78 is 62.0. The van der Waals surface area contributed by atoms with E-state index in [2.05, 4.69) is 10.8 Å². The third-order valence-corrected chi connectivity index (χ3v) is 5.27. The fraction of sp³-hybridized carbons (Fsp3) is 0.650. The Balaban J connectivity index is 2.06. The van der Waals surface area contributed by atoms with Crippen molar-refractivity contribution in [2.45, 2.75) is 44.9 Å². The van der Waals surface area contributed by atoms with E-state index in [0.29, 0.717) is 23.9 Å². The molecule has 9 nitrogen and oxygen atoms in total. The summed E-state index contributed by atoms with van der Waals surface area (Å²) in [6.45, 7) is 6.51. The van der Waals surface area contributed by atoms with E-state index < -0.39 is 41.4 Å². The number of H-pyrrole nitrogens is 1. The first-order valence-electron chi connectivity index (χ1n) is 10.3. The number of terminal acetylenes is 1. The summed E-state index contributed by atoms with van der Waals surface area (Å²) in [5.74, 6) is 2.29. The lowest BCUT2D eigenvalue weighted by Crippen LogP contribution is -2.36. The Hall–Kier alpha value is -2.40. The monoisotopic (exact) mass is 493 g/mol. The smallest absolute Gasteiger partial charge is 0.423 e. The van der Waals surface area contributed by atoms with Crippen molar-refractivity contribution in [3.05, 3.63) is 32.6 Å². The summed E-state index contributed by atoms with van der Waals surface area (Å²) in [6.07, 6.45) is -1.96. The number of ether oxygens (including phenoxy) is 4. The third-order valence-electron chi connectivity index (χ3n) is 5.03. The minimum atomic E-state index is -4.95. The first kappa shape index (κ1) is 26.8. The lowest BCUT2D eigenvalue weighted by atomic mass is 10.2. The summed E-state index contributed by atoms with van der Waals surface area (Å²) in [4.78, 5) is 27.5. The maximum atomic E-state index is 13.1. The molecule has 0 saturated carbocycles. The van der Waals surface area contributed by atoms with Crippen LogP contribution in [0.3, 0.4) is 0 Å². The Labute approximate surface area is 193 Å². The van der Waals surface area contributed by atoms with Crippen LogP contribution in [0.1, 0.15) is 32.1 Å². The molecule has 0 bridgehead atoms. The molecule has 1 N–H and O–H groups in total. The summed E-state index contributed by atoms with van der Waals surface area (Å²) in [7, 11) is 0. The van der Waals surface area contributed by atoms with Gasteiger partial charge >= 0.3 is 17.1 Å². The minimum Gasteiger partial charge on any atom is -0.456 e. The molecule has 184 valence electrons. The Morgan fingerprint density at radius 2 is 2.06 bits per heavy atom. The second kappa shape index (κ2) is 12.2. The summed E-state index contributed by atoms with van der Waals surface area (Å²) in [5.41, 5.74) is -4.10. The molecule has 1 aromatic rings. The van der Waals surface area contributed by atoms with Gasteiger partial charge in [-0.15, -0.1) is 6.42 Å². The van der Waals surface area contributed by atoms with Crippen LogP contribution < -0.4 is 11.2 Å². The number of halogens is 3. The Morgan fingerprint density at radius 3 is 2.67 bits per heavy atom. The molecule has 0 amide bonds. The van der Waals surface area contributed by atoms with E-state index in [9.17, 15) is 22.8 Å². The largest absolute Gasteiger partial charge is 0.456 e. The van der Waals surface area contributed by atoms with Gasteiger partial charge in [0.1, 0.15) is 37.7 Å². The van der Waals surface area contributed by atoms with Crippen LogP contribution in [-0.2, 0) is 25.1 Å². The quantitative estimate of drug-likeness (QED) is 0.387. The standard InChI is InChI=1S/C20H26F3N3O6S/c1-4-8-29-14-10-16(26-11-13(20(21,22)23)17(27)24-18(26)28)32-15(14)12-31-19(33)30-9-7-25(5-2)6-3/h1,11,14-16H,5-10,12H2,2-3H3,(H,24,27,28)/t14-,15+,16+/m0/s1. The second-order valence-corrected chi connectivity index (χ2v) is 7.40. The molecule has 0 aromatic carbocycles. The van der Waals surface area contributed by atoms with Crippen molar-refractivity contribution in [2.24, 2.45) is 0 Å². The lowest BCUT2D eigenvalue weighted by Gasteiger charge is -2.20. The third kappa shape index (κ3) is 7.56. The van der Waals surface area contributed by atoms with Crippen LogP contribution in [0.2, 0.25) is 0 Å². The van der Waals surface area contributed by atoms with Crippen LogP contribution in [0.5, 0.6) is 0 Å². The second-order valence-electron chi connectivity index (χ2n) is 7.06. The molecule has 1 aromatic heterocycles. The van der Waals surface area contributed by atoms with Gasteiger partial charge in [-0.2, -0.15) is 13.2 Å². The van der Waals surface area contributed by atoms with E-state index in [1.165, 1.54) is 0 Å². The van der Waals surface area contributed by atoms with Crippen LogP contribution in [0.25, 0.3) is 0 Å². The van der Waals surface area contributed by atoms with Crippen molar-refractivity contribution in [2.75, 3.05) is 39.5 Å². The first-order valence-corrected chi connectivity index (χ1v) is 10.7. The molecule has 2 rings (SSSR count). The normalized spacial score (nSPS) is 20.6. The summed E-state index contributed by atoms with van der Waals surface area (Å²) in [6, 6.07) is 0. The summed E-state index contributed by atoms with van der Waals surface area (Å²) in [5, 5.41) is -0.120. The van der Waals surface area contributed by atoms with Gasteiger partial charge in [0.25, 0.3) is 5.56 Å². The first-order chi connectivity index (χ1) is 15.6. The average molecular weight is 494 g/mol. The van der Waals surface area contributed by atoms with Crippen LogP contribution in [0.4, 0.5) is 13.2 Å². The van der Waals surface area contributed by atoms with E-state index >= 15 is 0 Å². The lowest BCUT2D eigenvalue weighted by molar-refractivity contribution is -0.139. The van der Waals surface area contributed by atoms with Gasteiger partial charge in [0.15, 0.2) is 0 Å². The Bertz CT molecular complexity index is 954. The Morgan fingerprint density at radius 1 is 1.36 bits per heavy atom. The van der Waals surface area contributed by atoms with Crippen molar-refractivity contribution in [1.29, 1.82) is 0 Å². The van der Waals surface area contributed by atoms with Gasteiger partial charge in [0, 0.05) is 31.4 Å². The molecule has 0 unspecified atom stereocenters. The van der Waals surface area contributed by atoms with Crippen LogP contribution in [0.15, 0.2) is 15.8 Å². The number of nitrogens with one attached hydrogen (secondary N) is 1. The van der Waals surface area contributed by atoms with Crippen molar-refractivity contribution in [3.63, 3.8) is 0 Å². The summed E-state index contributed by atoms with van der Waals surface area (Å²) >= 11 is 5.04. The number of alkyl halides is 3. The topological polar surface area (TPSA) is 95.0 Å². The van der Waals surface area contributed by atoms with Gasteiger partial charge in [-0.25, -0.2) is 4.79 Å². The van der Waals surface area contributed by atoms with Crippen LogP contribution in [0, 0.1) is 12.3 Å². The van der Waals surface area contributed by atoms with Crippen molar-refractivity contribution in [1.82, 2.24) is 14.5 Å². The molecular formula is C20H26F3N3O6S. The van der Waals surface area contributed by atoms with E-state index in [-0.39, 0.29) is 24.9 Å². The molecule has 3 atom stereocenters. The molecule has 1 fully saturated rings. The number of hydrogen-bond acceptors (Lipinski definition) is 8. The minimum absolute atomic E-state index is 0.00542. The van der Waals surface area contributed by atoms with E-state index in [0.717, 1.165) is 13.1 Å².